The average Bonchev–Trinajstić information content (AvgIpc) is 3.40. The molecule has 420 valence electrons. The van der Waals surface area contributed by atoms with Crippen LogP contribution in [-0.4, -0.2) is 155 Å². The Balaban J connectivity index is 0.00000574. The maximum absolute atomic E-state index is 12.9. The summed E-state index contributed by atoms with van der Waals surface area (Å²) in [7, 11) is -17.7. The first-order valence-corrected chi connectivity index (χ1v) is 32.1. The molecule has 0 atom stereocenters. The van der Waals surface area contributed by atoms with E-state index in [1.807, 2.05) is 0 Å². The minimum Gasteiger partial charge on any atom is -0.744 e. The topological polar surface area (TPSA) is 423 Å². The van der Waals surface area contributed by atoms with Gasteiger partial charge in [-0.2, -0.15) is 9.97 Å². The molecule has 6 aromatic rings. The molecule has 82 heavy (non-hydrogen) atoms. The van der Waals surface area contributed by atoms with Gasteiger partial charge in [0.25, 0.3) is 0 Å². The average molecular weight is 1280 g/mol. The molecule has 0 amide bonds. The van der Waals surface area contributed by atoms with Crippen LogP contribution in [0.5, 0.6) is 0 Å². The second-order valence-electron chi connectivity index (χ2n) is 16.2. The number of aromatic amines is 4. The van der Waals surface area contributed by atoms with E-state index in [4.69, 9.17) is 26.6 Å². The van der Waals surface area contributed by atoms with Crippen molar-refractivity contribution in [3.8, 4) is 22.8 Å². The van der Waals surface area contributed by atoms with E-state index in [1.54, 1.807) is 0 Å². The molecule has 2 aromatic heterocycles. The number of rotatable bonds is 24. The van der Waals surface area contributed by atoms with Gasteiger partial charge in [0.2, 0.25) is 22.5 Å². The summed E-state index contributed by atoms with van der Waals surface area (Å²) in [6, 6.07) is 17.4. The third kappa shape index (κ3) is 21.2. The Morgan fingerprint density at radius 2 is 0.817 bits per heavy atom. The Hall–Kier alpha value is -2.33. The summed E-state index contributed by atoms with van der Waals surface area (Å²) in [6.45, 7) is 0.245. The molecule has 0 bridgehead atoms. The molecule has 0 aliphatic rings. The number of hydrogen-bond acceptors (Lipinski definition) is 24. The van der Waals surface area contributed by atoms with Gasteiger partial charge in [-0.05, 0) is 72.5 Å². The molecular weight excluding hydrogens is 1230 g/mol. The van der Waals surface area contributed by atoms with Gasteiger partial charge >= 0.3 is 136 Å². The summed E-state index contributed by atoms with van der Waals surface area (Å²) in [5, 5.41) is 0. The van der Waals surface area contributed by atoms with Gasteiger partial charge in [0, 0.05) is 79.0 Å². The predicted octanol–water partition coefficient (Wildman–Crippen LogP) is -10.3. The van der Waals surface area contributed by atoms with Crippen molar-refractivity contribution in [2.45, 2.75) is 44.5 Å². The van der Waals surface area contributed by atoms with E-state index in [0.29, 0.717) is 24.9 Å². The van der Waals surface area contributed by atoms with Crippen LogP contribution in [0, 0.1) is 0 Å². The van der Waals surface area contributed by atoms with E-state index >= 15 is 0 Å². The number of H-pyrrole nitrogens is 4. The van der Waals surface area contributed by atoms with E-state index in [1.165, 1.54) is 91.2 Å². The zero-order valence-electron chi connectivity index (χ0n) is 46.1. The quantitative estimate of drug-likeness (QED) is 0.0189. The Bertz CT molecular complexity index is 3710. The molecule has 6 rings (SSSR count). The molecule has 0 saturated heterocycles. The van der Waals surface area contributed by atoms with Crippen LogP contribution in [0.2, 0.25) is 12.1 Å². The van der Waals surface area contributed by atoms with Gasteiger partial charge in [-0.3, -0.25) is 20.0 Å². The van der Waals surface area contributed by atoms with Gasteiger partial charge in [0.1, 0.15) is 52.1 Å². The van der Waals surface area contributed by atoms with Crippen LogP contribution in [0.4, 0.5) is 11.4 Å². The largest absolute Gasteiger partial charge is 1.00 e. The van der Waals surface area contributed by atoms with Crippen LogP contribution < -0.4 is 141 Å². The number of nitrogens with one attached hydrogen (secondary N) is 4. The SMILES string of the molecule is CO[Si](CCCN=c1nc(-c2ccc(/C=C/c3ccc(-c4nc(=NCCC[Si](OC)(OC)OC)[nH]c(=Nc5cccc(S(=O)(=O)[O-])c5)[nH]4)cc3S(=O)(=O)[O-])c(S(=O)(=O)[O-])c2)[nH]c(=Nc2cccc(S(=O)(=O)[O-])c2)[nH]1)(OC)OC.[Na+].[Na+].[Na+].[Na+]. The molecule has 38 heteroatoms. The summed E-state index contributed by atoms with van der Waals surface area (Å²) < 4.78 is 181. The Labute approximate surface area is 562 Å². The zero-order valence-corrected chi connectivity index (χ0v) is 59.4. The van der Waals surface area contributed by atoms with Crippen LogP contribution in [0.1, 0.15) is 24.0 Å². The normalized spacial score (nSPS) is 13.3. The Morgan fingerprint density at radius 3 is 1.12 bits per heavy atom. The molecule has 4 N–H and O–H groups in total. The molecule has 0 aliphatic heterocycles. The monoisotopic (exact) mass is 1280 g/mol. The van der Waals surface area contributed by atoms with E-state index in [2.05, 4.69) is 49.9 Å². The van der Waals surface area contributed by atoms with Crippen molar-refractivity contribution in [1.29, 1.82) is 0 Å². The van der Waals surface area contributed by atoms with Crippen LogP contribution in [0.15, 0.2) is 124 Å². The van der Waals surface area contributed by atoms with Crippen molar-refractivity contribution in [1.82, 2.24) is 29.9 Å². The van der Waals surface area contributed by atoms with Crippen molar-refractivity contribution in [2.75, 3.05) is 55.7 Å². The molecule has 0 fully saturated rings. The van der Waals surface area contributed by atoms with Gasteiger partial charge in [-0.25, -0.2) is 43.7 Å². The number of benzene rings is 4. The summed E-state index contributed by atoms with van der Waals surface area (Å²) in [5.74, 6) is -0.202. The minimum absolute atomic E-state index is 0. The van der Waals surface area contributed by atoms with Crippen LogP contribution in [0.25, 0.3) is 34.9 Å². The molecule has 0 unspecified atom stereocenters. The zero-order chi connectivity index (χ0) is 57.1. The fraction of sp³-hybridized carbons (Fsp3) is 0.273. The van der Waals surface area contributed by atoms with Gasteiger partial charge in [-0.1, -0.05) is 48.6 Å². The first kappa shape index (κ1) is 75.8. The standard InChI is InChI=1S/C44H54N10O18S4Si2.4Na/c1-67-77(68-2,69-3)23-9-21-45-41-49-39(51-43(53-41)47-33-11-7-13-35(27-33)73(55,56)57)31-19-17-29(37(25-31)75(61,62)63)15-16-30-18-20-32(26-38(30)76(64,65)66)40-50-42(46-22-10-24-78(70-4,71-5)72-6)54-44(52-40)48-34-12-8-14-36(28-34)74(58,59)60;;;;/h7-8,11-20,25-28H,9-10,21-24H2,1-6H3,(H,55,56,57)(H,58,59,60)(H,61,62,63)(H,64,65,66)(H2,45,47,49,51,53)(H2,46,48,50,52,54);;;;/q;4*+1/p-4/b16-15+;;;;. The Morgan fingerprint density at radius 1 is 0.476 bits per heavy atom. The van der Waals surface area contributed by atoms with Gasteiger partial charge in [0.15, 0.2) is 0 Å². The summed E-state index contributed by atoms with van der Waals surface area (Å²) in [5.41, 5.74) is -0.861. The summed E-state index contributed by atoms with van der Waals surface area (Å²) >= 11 is 0. The van der Waals surface area contributed by atoms with E-state index in [-0.39, 0.29) is 199 Å². The van der Waals surface area contributed by atoms with Gasteiger partial charge < -0.3 is 54.7 Å². The van der Waals surface area contributed by atoms with Crippen LogP contribution >= 0.6 is 0 Å². The number of hydrogen-bond donors (Lipinski definition) is 4. The second kappa shape index (κ2) is 33.1. The maximum atomic E-state index is 12.9. The van der Waals surface area contributed by atoms with Crippen molar-refractivity contribution < 1.29 is 197 Å². The van der Waals surface area contributed by atoms with Crippen LogP contribution in [-0.2, 0) is 67.0 Å². The predicted molar refractivity (Wildman–Crippen MR) is 274 cm³/mol. The molecule has 28 nitrogen and oxygen atoms in total. The molecule has 0 aliphatic carbocycles. The van der Waals surface area contributed by atoms with Gasteiger partial charge in [0.05, 0.1) is 31.0 Å². The molecular formula is C44H50N10Na4O18S4Si2. The van der Waals surface area contributed by atoms with E-state index < -0.39 is 77.7 Å². The Kier molecular flexibility index (Phi) is 30.6. The van der Waals surface area contributed by atoms with Crippen molar-refractivity contribution in [3.63, 3.8) is 0 Å². The van der Waals surface area contributed by atoms with Crippen molar-refractivity contribution in [2.24, 2.45) is 20.0 Å². The molecule has 2 heterocycles. The van der Waals surface area contributed by atoms with Crippen LogP contribution in [0.3, 0.4) is 0 Å². The number of aromatic nitrogens is 6. The summed E-state index contributed by atoms with van der Waals surface area (Å²) in [4.78, 5) is 35.1. The maximum Gasteiger partial charge on any atom is 1.00 e. The van der Waals surface area contributed by atoms with E-state index in [9.17, 15) is 51.9 Å². The summed E-state index contributed by atoms with van der Waals surface area (Å²) in [6.07, 6.45) is 2.95. The molecule has 0 saturated carbocycles. The molecule has 0 radical (unpaired) electrons. The number of nitrogens with zero attached hydrogens (tertiary/aromatic N) is 6. The smallest absolute Gasteiger partial charge is 0.744 e. The third-order valence-electron chi connectivity index (χ3n) is 11.3. The van der Waals surface area contributed by atoms with E-state index in [0.717, 1.165) is 48.6 Å². The third-order valence-corrected chi connectivity index (χ3v) is 20.4. The fourth-order valence-corrected chi connectivity index (χ4v) is 13.2. The second-order valence-corrected chi connectivity index (χ2v) is 27.8. The molecule has 0 spiro atoms. The first-order valence-electron chi connectivity index (χ1n) is 22.6. The van der Waals surface area contributed by atoms with Gasteiger partial charge in [-0.15, -0.1) is 0 Å². The fourth-order valence-electron chi connectivity index (χ4n) is 7.36. The minimum atomic E-state index is -5.33. The molecule has 4 aromatic carbocycles. The first-order chi connectivity index (χ1) is 36.8. The van der Waals surface area contributed by atoms with Crippen molar-refractivity contribution >= 4 is 81.6 Å². The van der Waals surface area contributed by atoms with Crippen molar-refractivity contribution in [3.05, 3.63) is 119 Å².